The molecule has 2 atom stereocenters. The Balaban J connectivity index is 1.11. The molecule has 0 bridgehead atoms. The van der Waals surface area contributed by atoms with Gasteiger partial charge in [0.25, 0.3) is 0 Å². The van der Waals surface area contributed by atoms with Crippen LogP contribution in [-0.2, 0) is 22.3 Å². The van der Waals surface area contributed by atoms with Gasteiger partial charge in [-0.25, -0.2) is 19.6 Å². The van der Waals surface area contributed by atoms with E-state index in [-0.39, 0.29) is 24.3 Å². The van der Waals surface area contributed by atoms with E-state index in [9.17, 15) is 9.59 Å². The Morgan fingerprint density at radius 2 is 1.14 bits per heavy atom. The van der Waals surface area contributed by atoms with Crippen molar-refractivity contribution in [1.82, 2.24) is 29.7 Å². The monoisotopic (exact) mass is 690 g/mol. The average Bonchev–Trinajstić information content (AvgIpc) is 3.89. The average molecular weight is 691 g/mol. The molecule has 268 valence electrons. The summed E-state index contributed by atoms with van der Waals surface area (Å²) in [7, 11) is 0. The van der Waals surface area contributed by atoms with Crippen LogP contribution in [0.15, 0.2) is 24.5 Å². The van der Waals surface area contributed by atoms with E-state index in [0.29, 0.717) is 18.5 Å². The van der Waals surface area contributed by atoms with Gasteiger partial charge in [-0.3, -0.25) is 9.80 Å². The summed E-state index contributed by atoms with van der Waals surface area (Å²) in [5.74, 6) is 15.1. The van der Waals surface area contributed by atoms with E-state index in [2.05, 4.69) is 55.8 Å². The van der Waals surface area contributed by atoms with E-state index in [1.165, 1.54) is 36.8 Å². The number of nitrogens with zero attached hydrogens (tertiary/aromatic N) is 4. The Hall–Kier alpha value is -4.70. The van der Waals surface area contributed by atoms with E-state index in [1.807, 2.05) is 41.5 Å². The van der Waals surface area contributed by atoms with Gasteiger partial charge in [-0.15, -0.1) is 0 Å². The zero-order valence-corrected chi connectivity index (χ0v) is 30.9. The number of hydrogen-bond donors (Lipinski definition) is 2. The summed E-state index contributed by atoms with van der Waals surface area (Å²) < 4.78 is 11.3. The molecule has 1 saturated carbocycles. The number of aromatic amines is 2. The fourth-order valence-electron chi connectivity index (χ4n) is 8.21. The summed E-state index contributed by atoms with van der Waals surface area (Å²) in [6.07, 6.45) is 13.5. The van der Waals surface area contributed by atoms with Crippen LogP contribution in [0.25, 0.3) is 0 Å². The van der Waals surface area contributed by atoms with Crippen LogP contribution >= 0.6 is 0 Å². The number of carbonyl (C=O) groups excluding carboxylic acids is 2. The van der Waals surface area contributed by atoms with Gasteiger partial charge in [0.2, 0.25) is 0 Å². The van der Waals surface area contributed by atoms with Gasteiger partial charge in [0.1, 0.15) is 34.2 Å². The van der Waals surface area contributed by atoms with Crippen LogP contribution < -0.4 is 0 Å². The number of likely N-dealkylation sites (tertiary alicyclic amines) is 2. The van der Waals surface area contributed by atoms with Gasteiger partial charge in [0.05, 0.1) is 24.5 Å². The first kappa shape index (κ1) is 34.7. The summed E-state index contributed by atoms with van der Waals surface area (Å²) in [4.78, 5) is 45.3. The zero-order valence-electron chi connectivity index (χ0n) is 30.9. The number of aromatic nitrogens is 4. The van der Waals surface area contributed by atoms with Gasteiger partial charge >= 0.3 is 12.2 Å². The lowest BCUT2D eigenvalue weighted by Crippen LogP contribution is -2.36. The fourth-order valence-corrected chi connectivity index (χ4v) is 8.21. The molecule has 1 aromatic carbocycles. The van der Waals surface area contributed by atoms with Crippen molar-refractivity contribution in [3.05, 3.63) is 69.8 Å². The van der Waals surface area contributed by atoms with Crippen molar-refractivity contribution in [3.8, 4) is 23.7 Å². The van der Waals surface area contributed by atoms with Crippen LogP contribution in [0.4, 0.5) is 9.59 Å². The molecule has 2 N–H and O–H groups in total. The summed E-state index contributed by atoms with van der Waals surface area (Å²) in [6, 6.07) is 3.93. The normalized spacial score (nSPS) is 20.9. The molecule has 51 heavy (non-hydrogen) atoms. The van der Waals surface area contributed by atoms with E-state index in [1.54, 1.807) is 22.2 Å². The predicted molar refractivity (Wildman–Crippen MR) is 194 cm³/mol. The summed E-state index contributed by atoms with van der Waals surface area (Å²) in [5.41, 5.74) is 5.36. The summed E-state index contributed by atoms with van der Waals surface area (Å²) in [5, 5.41) is 0. The smallest absolute Gasteiger partial charge is 0.410 e. The van der Waals surface area contributed by atoms with Crippen LogP contribution in [-0.4, -0.2) is 66.2 Å². The molecule has 4 aliphatic rings. The first-order valence-corrected chi connectivity index (χ1v) is 18.5. The maximum atomic E-state index is 12.9. The van der Waals surface area contributed by atoms with E-state index >= 15 is 0 Å². The maximum absolute atomic E-state index is 12.9. The second-order valence-corrected chi connectivity index (χ2v) is 16.7. The number of H-pyrrole nitrogens is 2. The summed E-state index contributed by atoms with van der Waals surface area (Å²) >= 11 is 0. The van der Waals surface area contributed by atoms with E-state index in [4.69, 9.17) is 9.47 Å². The van der Waals surface area contributed by atoms with Crippen molar-refractivity contribution in [3.63, 3.8) is 0 Å². The Kier molecular flexibility index (Phi) is 9.16. The minimum Gasteiger partial charge on any atom is -0.444 e. The van der Waals surface area contributed by atoms with E-state index in [0.717, 1.165) is 72.7 Å². The molecule has 7 rings (SSSR count). The van der Waals surface area contributed by atoms with E-state index < -0.39 is 11.2 Å². The third-order valence-corrected chi connectivity index (χ3v) is 10.4. The Bertz CT molecular complexity index is 1800. The quantitative estimate of drug-likeness (QED) is 0.266. The van der Waals surface area contributed by atoms with Crippen LogP contribution in [0.2, 0.25) is 0 Å². The molecular formula is C41H50N6O4. The molecule has 1 spiro atoms. The molecule has 0 radical (unpaired) electrons. The SMILES string of the molecule is CC(C)(C)OC(=O)N1CCC[C@H]1c1ncc(C#Cc2ccc(C#Cc3cnc([C@@H]4CCCN4C(=O)OC(C)(C)C)[nH]3)c3c2CC2(CCCC2)C3)[nH]1. The molecule has 10 nitrogen and oxygen atoms in total. The highest BCUT2D eigenvalue weighted by Gasteiger charge is 2.41. The predicted octanol–water partition coefficient (Wildman–Crippen LogP) is 7.74. The molecule has 10 heteroatoms. The number of ether oxygens (including phenoxy) is 2. The Morgan fingerprint density at radius 1 is 0.706 bits per heavy atom. The molecular weight excluding hydrogens is 640 g/mol. The topological polar surface area (TPSA) is 116 Å². The van der Waals surface area contributed by atoms with Crippen molar-refractivity contribution in [2.24, 2.45) is 5.41 Å². The van der Waals surface area contributed by atoms with Gasteiger partial charge in [0.15, 0.2) is 0 Å². The lowest BCUT2D eigenvalue weighted by atomic mass is 9.83. The molecule has 2 aromatic heterocycles. The van der Waals surface area contributed by atoms with Crippen molar-refractivity contribution in [2.45, 2.75) is 129 Å². The van der Waals surface area contributed by atoms with Gasteiger partial charge in [-0.2, -0.15) is 0 Å². The molecule has 4 heterocycles. The molecule has 3 fully saturated rings. The minimum absolute atomic E-state index is 0.146. The second-order valence-electron chi connectivity index (χ2n) is 16.7. The maximum Gasteiger partial charge on any atom is 0.410 e. The first-order chi connectivity index (χ1) is 24.3. The zero-order chi connectivity index (χ0) is 36.0. The standard InChI is InChI=1S/C41H50N6O4/c1-39(2,3)50-37(48)46-21-9-11-33(46)35-42-25-29(44-35)17-15-27-13-14-28(32-24-41(23-31(27)32)19-7-8-20-41)16-18-30-26-43-36(45-30)34-12-10-22-47(34)38(49)51-40(4,5)6/h13-14,25-26,33-34H,7-12,19-24H2,1-6H3,(H,42,44)(H,43,45)/t33-,34-/m0/s1. The van der Waals surface area contributed by atoms with Gasteiger partial charge < -0.3 is 19.4 Å². The van der Waals surface area contributed by atoms with Crippen molar-refractivity contribution >= 4 is 12.2 Å². The van der Waals surface area contributed by atoms with Crippen LogP contribution in [0.5, 0.6) is 0 Å². The Labute approximate surface area is 301 Å². The third-order valence-electron chi connectivity index (χ3n) is 10.4. The number of hydrogen-bond acceptors (Lipinski definition) is 6. The van der Waals surface area contributed by atoms with Gasteiger partial charge in [-0.05, 0) is 133 Å². The molecule has 3 aromatic rings. The largest absolute Gasteiger partial charge is 0.444 e. The van der Waals surface area contributed by atoms with Crippen LogP contribution in [0.1, 0.15) is 150 Å². The van der Waals surface area contributed by atoms with Crippen LogP contribution in [0, 0.1) is 29.1 Å². The minimum atomic E-state index is -0.548. The number of amides is 2. The number of rotatable bonds is 2. The third kappa shape index (κ3) is 7.66. The number of imidazole rings is 2. The highest BCUT2D eigenvalue weighted by Crippen LogP contribution is 2.50. The Morgan fingerprint density at radius 3 is 1.55 bits per heavy atom. The highest BCUT2D eigenvalue weighted by molar-refractivity contribution is 5.69. The van der Waals surface area contributed by atoms with Crippen molar-refractivity contribution < 1.29 is 19.1 Å². The van der Waals surface area contributed by atoms with Crippen molar-refractivity contribution in [2.75, 3.05) is 13.1 Å². The molecule has 2 aliphatic carbocycles. The molecule has 0 unspecified atom stereocenters. The number of carbonyl (C=O) groups is 2. The molecule has 2 saturated heterocycles. The number of nitrogens with one attached hydrogen (secondary N) is 2. The number of fused-ring (bicyclic) bond motifs is 1. The second kappa shape index (κ2) is 13.5. The first-order valence-electron chi connectivity index (χ1n) is 18.5. The van der Waals surface area contributed by atoms with Crippen LogP contribution in [0.3, 0.4) is 0 Å². The molecule has 2 aliphatic heterocycles. The highest BCUT2D eigenvalue weighted by atomic mass is 16.6. The lowest BCUT2D eigenvalue weighted by Gasteiger charge is -2.27. The lowest BCUT2D eigenvalue weighted by molar-refractivity contribution is 0.0208. The van der Waals surface area contributed by atoms with Gasteiger partial charge in [-0.1, -0.05) is 24.7 Å². The summed E-state index contributed by atoms with van der Waals surface area (Å²) in [6.45, 7) is 12.6. The van der Waals surface area contributed by atoms with Crippen molar-refractivity contribution in [1.29, 1.82) is 0 Å². The number of benzene rings is 1. The fraction of sp³-hybridized carbons (Fsp3) is 0.561. The van der Waals surface area contributed by atoms with Gasteiger partial charge in [0, 0.05) is 24.2 Å². The molecule has 2 amide bonds.